The summed E-state index contributed by atoms with van der Waals surface area (Å²) in [5.41, 5.74) is 1.36. The molecule has 3 aromatic rings. The summed E-state index contributed by atoms with van der Waals surface area (Å²) in [6.07, 6.45) is 0.711. The topological polar surface area (TPSA) is 56.8 Å². The van der Waals surface area contributed by atoms with E-state index < -0.39 is 0 Å². The van der Waals surface area contributed by atoms with Gasteiger partial charge in [-0.15, -0.1) is 0 Å². The zero-order valence-electron chi connectivity index (χ0n) is 16.3. The zero-order valence-corrected chi connectivity index (χ0v) is 17.0. The predicted molar refractivity (Wildman–Crippen MR) is 114 cm³/mol. The number of ether oxygens (including phenoxy) is 3. The lowest BCUT2D eigenvalue weighted by Gasteiger charge is -2.14. The van der Waals surface area contributed by atoms with Crippen molar-refractivity contribution < 1.29 is 19.0 Å². The molecule has 0 radical (unpaired) electrons. The van der Waals surface area contributed by atoms with Gasteiger partial charge in [0.2, 0.25) is 5.91 Å². The molecule has 0 saturated carbocycles. The van der Waals surface area contributed by atoms with E-state index in [9.17, 15) is 4.79 Å². The van der Waals surface area contributed by atoms with Crippen molar-refractivity contribution in [3.8, 4) is 23.0 Å². The normalized spacial score (nSPS) is 10.3. The van der Waals surface area contributed by atoms with Gasteiger partial charge in [0, 0.05) is 17.0 Å². The first kappa shape index (κ1) is 20.6. The Hall–Kier alpha value is -3.18. The molecular formula is C23H22ClNO4. The molecule has 150 valence electrons. The number of halogens is 1. The lowest BCUT2D eigenvalue weighted by atomic mass is 10.1. The van der Waals surface area contributed by atoms with E-state index in [1.54, 1.807) is 32.4 Å². The lowest BCUT2D eigenvalue weighted by molar-refractivity contribution is -0.116. The largest absolute Gasteiger partial charge is 0.496 e. The van der Waals surface area contributed by atoms with Crippen molar-refractivity contribution in [3.05, 3.63) is 77.3 Å². The number of carbonyl (C=O) groups is 1. The molecular weight excluding hydrogens is 390 g/mol. The maximum absolute atomic E-state index is 12.6. The van der Waals surface area contributed by atoms with Gasteiger partial charge in [0.1, 0.15) is 17.2 Å². The first-order chi connectivity index (χ1) is 14.1. The third kappa shape index (κ3) is 5.42. The van der Waals surface area contributed by atoms with Gasteiger partial charge in [0.15, 0.2) is 5.75 Å². The van der Waals surface area contributed by atoms with E-state index in [0.717, 1.165) is 5.56 Å². The molecule has 0 aliphatic heterocycles. The Morgan fingerprint density at radius 1 is 0.897 bits per heavy atom. The first-order valence-electron chi connectivity index (χ1n) is 9.13. The standard InChI is InChI=1S/C23H22ClNO4/c1-27-20-9-6-10-21(28-2)18(20)12-14-23(26)25-19-15-16(24)11-13-22(19)29-17-7-4-3-5-8-17/h3-11,13,15H,12,14H2,1-2H3,(H,25,26). The number of anilines is 1. The average Bonchev–Trinajstić information content (AvgIpc) is 2.74. The van der Waals surface area contributed by atoms with Gasteiger partial charge in [0.25, 0.3) is 0 Å². The van der Waals surface area contributed by atoms with Crippen LogP contribution < -0.4 is 19.5 Å². The highest BCUT2D eigenvalue weighted by molar-refractivity contribution is 6.31. The summed E-state index contributed by atoms with van der Waals surface area (Å²) in [6, 6.07) is 20.0. The monoisotopic (exact) mass is 411 g/mol. The highest BCUT2D eigenvalue weighted by atomic mass is 35.5. The number of benzene rings is 3. The fourth-order valence-corrected chi connectivity index (χ4v) is 3.10. The Morgan fingerprint density at radius 2 is 1.59 bits per heavy atom. The highest BCUT2D eigenvalue weighted by Gasteiger charge is 2.14. The van der Waals surface area contributed by atoms with Gasteiger partial charge in [-0.1, -0.05) is 35.9 Å². The second-order valence-corrected chi connectivity index (χ2v) is 6.68. The Labute approximate surface area is 175 Å². The van der Waals surface area contributed by atoms with Crippen LogP contribution in [-0.4, -0.2) is 20.1 Å². The smallest absolute Gasteiger partial charge is 0.224 e. The molecule has 0 atom stereocenters. The SMILES string of the molecule is COc1cccc(OC)c1CCC(=O)Nc1cc(Cl)ccc1Oc1ccccc1. The van der Waals surface area contributed by atoms with Gasteiger partial charge in [-0.2, -0.15) is 0 Å². The van der Waals surface area contributed by atoms with Crippen molar-refractivity contribution in [2.24, 2.45) is 0 Å². The summed E-state index contributed by atoms with van der Waals surface area (Å²) in [6.45, 7) is 0. The number of nitrogens with one attached hydrogen (secondary N) is 1. The number of methoxy groups -OCH3 is 2. The molecule has 0 bridgehead atoms. The Morgan fingerprint density at radius 3 is 2.24 bits per heavy atom. The lowest BCUT2D eigenvalue weighted by Crippen LogP contribution is -2.13. The molecule has 3 aromatic carbocycles. The molecule has 1 amide bonds. The third-order valence-corrected chi connectivity index (χ3v) is 4.55. The highest BCUT2D eigenvalue weighted by Crippen LogP contribution is 2.33. The van der Waals surface area contributed by atoms with Crippen LogP contribution in [0.25, 0.3) is 0 Å². The summed E-state index contributed by atoms with van der Waals surface area (Å²) >= 11 is 6.12. The minimum absolute atomic E-state index is 0.168. The van der Waals surface area contributed by atoms with E-state index in [2.05, 4.69) is 5.32 Å². The van der Waals surface area contributed by atoms with Crippen LogP contribution in [0.5, 0.6) is 23.0 Å². The number of carbonyl (C=O) groups excluding carboxylic acids is 1. The van der Waals surface area contributed by atoms with E-state index in [1.807, 2.05) is 48.5 Å². The number of para-hydroxylation sites is 1. The summed E-state index contributed by atoms with van der Waals surface area (Å²) in [5, 5.41) is 3.39. The molecule has 0 aliphatic rings. The number of hydrogen-bond acceptors (Lipinski definition) is 4. The van der Waals surface area contributed by atoms with Gasteiger partial charge < -0.3 is 19.5 Å². The van der Waals surface area contributed by atoms with Crippen LogP contribution in [0.1, 0.15) is 12.0 Å². The van der Waals surface area contributed by atoms with E-state index in [-0.39, 0.29) is 12.3 Å². The molecule has 0 unspecified atom stereocenters. The molecule has 0 saturated heterocycles. The predicted octanol–water partition coefficient (Wildman–Crippen LogP) is 5.72. The number of rotatable bonds is 8. The van der Waals surface area contributed by atoms with Crippen LogP contribution >= 0.6 is 11.6 Å². The Bertz CT molecular complexity index is 954. The van der Waals surface area contributed by atoms with E-state index in [4.69, 9.17) is 25.8 Å². The third-order valence-electron chi connectivity index (χ3n) is 4.32. The molecule has 0 aliphatic carbocycles. The molecule has 3 rings (SSSR count). The number of hydrogen-bond donors (Lipinski definition) is 1. The maximum Gasteiger partial charge on any atom is 0.224 e. The fourth-order valence-electron chi connectivity index (χ4n) is 2.93. The average molecular weight is 412 g/mol. The molecule has 0 fully saturated rings. The summed E-state index contributed by atoms with van der Waals surface area (Å²) in [4.78, 5) is 12.6. The Balaban J connectivity index is 1.72. The second kappa shape index (κ2) is 9.85. The zero-order chi connectivity index (χ0) is 20.6. The molecule has 0 spiro atoms. The Kier molecular flexibility index (Phi) is 6.98. The first-order valence-corrected chi connectivity index (χ1v) is 9.50. The van der Waals surface area contributed by atoms with Crippen LogP contribution in [0, 0.1) is 0 Å². The summed E-state index contributed by atoms with van der Waals surface area (Å²) in [7, 11) is 3.19. The van der Waals surface area contributed by atoms with Crippen LogP contribution in [0.15, 0.2) is 66.7 Å². The van der Waals surface area contributed by atoms with Crippen molar-refractivity contribution in [2.75, 3.05) is 19.5 Å². The van der Waals surface area contributed by atoms with Crippen molar-refractivity contribution in [2.45, 2.75) is 12.8 Å². The summed E-state index contributed by atoms with van der Waals surface area (Å²) < 4.78 is 16.7. The van der Waals surface area contributed by atoms with E-state index >= 15 is 0 Å². The molecule has 6 heteroatoms. The van der Waals surface area contributed by atoms with Crippen LogP contribution in [0.2, 0.25) is 5.02 Å². The van der Waals surface area contributed by atoms with Gasteiger partial charge >= 0.3 is 0 Å². The van der Waals surface area contributed by atoms with Gasteiger partial charge in [-0.3, -0.25) is 4.79 Å². The van der Waals surface area contributed by atoms with E-state index in [0.29, 0.717) is 40.1 Å². The van der Waals surface area contributed by atoms with Gasteiger partial charge in [-0.25, -0.2) is 0 Å². The molecule has 0 aromatic heterocycles. The van der Waals surface area contributed by atoms with Crippen LogP contribution in [-0.2, 0) is 11.2 Å². The minimum atomic E-state index is -0.168. The van der Waals surface area contributed by atoms with Crippen molar-refractivity contribution >= 4 is 23.2 Å². The number of amides is 1. The van der Waals surface area contributed by atoms with Crippen molar-refractivity contribution in [1.29, 1.82) is 0 Å². The molecule has 29 heavy (non-hydrogen) atoms. The second-order valence-electron chi connectivity index (χ2n) is 6.24. The van der Waals surface area contributed by atoms with Crippen molar-refractivity contribution in [1.82, 2.24) is 0 Å². The maximum atomic E-state index is 12.6. The van der Waals surface area contributed by atoms with Crippen molar-refractivity contribution in [3.63, 3.8) is 0 Å². The molecule has 1 N–H and O–H groups in total. The van der Waals surface area contributed by atoms with Gasteiger partial charge in [-0.05, 0) is 48.9 Å². The van der Waals surface area contributed by atoms with Crippen LogP contribution in [0.3, 0.4) is 0 Å². The quantitative estimate of drug-likeness (QED) is 0.515. The minimum Gasteiger partial charge on any atom is -0.496 e. The van der Waals surface area contributed by atoms with E-state index in [1.165, 1.54) is 0 Å². The van der Waals surface area contributed by atoms with Gasteiger partial charge in [0.05, 0.1) is 19.9 Å². The summed E-state index contributed by atoms with van der Waals surface area (Å²) in [5.74, 6) is 2.40. The molecule has 5 nitrogen and oxygen atoms in total. The molecule has 0 heterocycles. The fraction of sp³-hybridized carbons (Fsp3) is 0.174. The van der Waals surface area contributed by atoms with Crippen LogP contribution in [0.4, 0.5) is 5.69 Å².